The van der Waals surface area contributed by atoms with Crippen LogP contribution in [0.1, 0.15) is 16.7 Å². The highest BCUT2D eigenvalue weighted by molar-refractivity contribution is 5.85. The lowest BCUT2D eigenvalue weighted by atomic mass is 10.0. The third-order valence-corrected chi connectivity index (χ3v) is 3.87. The van der Waals surface area contributed by atoms with E-state index in [2.05, 4.69) is 79.8 Å². The number of aryl methyl sites for hydroxylation is 2. The van der Waals surface area contributed by atoms with Gasteiger partial charge >= 0.3 is 0 Å². The van der Waals surface area contributed by atoms with Crippen molar-refractivity contribution in [1.82, 2.24) is 0 Å². The van der Waals surface area contributed by atoms with E-state index in [4.69, 9.17) is 0 Å². The van der Waals surface area contributed by atoms with E-state index >= 15 is 0 Å². The van der Waals surface area contributed by atoms with Gasteiger partial charge in [-0.3, -0.25) is 0 Å². The van der Waals surface area contributed by atoms with Crippen LogP contribution in [0, 0.1) is 13.8 Å². The Hall–Kier alpha value is -2.28. The topological polar surface area (TPSA) is 12.0 Å². The highest BCUT2D eigenvalue weighted by Gasteiger charge is 2.01. The van der Waals surface area contributed by atoms with E-state index in [0.29, 0.717) is 0 Å². The zero-order valence-electron chi connectivity index (χ0n) is 12.0. The molecule has 3 rings (SSSR count). The summed E-state index contributed by atoms with van der Waals surface area (Å²) >= 11 is 0. The van der Waals surface area contributed by atoms with E-state index in [1.807, 2.05) is 0 Å². The van der Waals surface area contributed by atoms with Gasteiger partial charge in [0.2, 0.25) is 0 Å². The summed E-state index contributed by atoms with van der Waals surface area (Å²) in [6.45, 7) is 5.14. The maximum Gasteiger partial charge on any atom is 0.0406 e. The van der Waals surface area contributed by atoms with Crippen molar-refractivity contribution >= 4 is 16.5 Å². The Kier molecular flexibility index (Phi) is 3.42. The van der Waals surface area contributed by atoms with Gasteiger partial charge in [-0.15, -0.1) is 0 Å². The molecule has 0 fully saturated rings. The monoisotopic (exact) mass is 261 g/mol. The highest BCUT2D eigenvalue weighted by atomic mass is 14.9. The Morgan fingerprint density at radius 2 is 1.60 bits per heavy atom. The maximum atomic E-state index is 3.52. The fourth-order valence-corrected chi connectivity index (χ4v) is 2.50. The summed E-state index contributed by atoms with van der Waals surface area (Å²) in [6.07, 6.45) is 0. The number of fused-ring (bicyclic) bond motifs is 1. The largest absolute Gasteiger partial charge is 0.381 e. The summed E-state index contributed by atoms with van der Waals surface area (Å²) in [5.74, 6) is 0. The van der Waals surface area contributed by atoms with E-state index in [-0.39, 0.29) is 0 Å². The van der Waals surface area contributed by atoms with Gasteiger partial charge in [0.1, 0.15) is 0 Å². The molecular formula is C19H19N. The van der Waals surface area contributed by atoms with Crippen molar-refractivity contribution in [2.24, 2.45) is 0 Å². The van der Waals surface area contributed by atoms with Gasteiger partial charge in [-0.25, -0.2) is 0 Å². The first-order chi connectivity index (χ1) is 9.74. The summed E-state index contributed by atoms with van der Waals surface area (Å²) in [5.41, 5.74) is 5.18. The molecule has 0 bridgehead atoms. The molecule has 3 aromatic rings. The third-order valence-electron chi connectivity index (χ3n) is 3.87. The van der Waals surface area contributed by atoms with E-state index < -0.39 is 0 Å². The molecule has 3 aromatic carbocycles. The van der Waals surface area contributed by atoms with Crippen LogP contribution in [-0.2, 0) is 6.54 Å². The second-order valence-electron chi connectivity index (χ2n) is 5.29. The minimum Gasteiger partial charge on any atom is -0.381 e. The molecule has 100 valence electrons. The van der Waals surface area contributed by atoms with Crippen LogP contribution in [-0.4, -0.2) is 0 Å². The van der Waals surface area contributed by atoms with E-state index in [9.17, 15) is 0 Å². The fourth-order valence-electron chi connectivity index (χ4n) is 2.50. The molecule has 0 aliphatic heterocycles. The summed E-state index contributed by atoms with van der Waals surface area (Å²) in [5, 5.41) is 6.14. The predicted molar refractivity (Wildman–Crippen MR) is 87.2 cm³/mol. The zero-order valence-corrected chi connectivity index (χ0v) is 12.0. The molecule has 1 nitrogen and oxygen atoms in total. The number of rotatable bonds is 3. The quantitative estimate of drug-likeness (QED) is 0.694. The molecular weight excluding hydrogens is 242 g/mol. The molecule has 1 N–H and O–H groups in total. The predicted octanol–water partition coefficient (Wildman–Crippen LogP) is 5.07. The minimum atomic E-state index is 0.851. The van der Waals surface area contributed by atoms with Crippen LogP contribution >= 0.6 is 0 Å². The van der Waals surface area contributed by atoms with Crippen LogP contribution in [0.15, 0.2) is 60.7 Å². The van der Waals surface area contributed by atoms with Crippen LogP contribution < -0.4 is 5.32 Å². The second kappa shape index (κ2) is 5.38. The molecule has 0 radical (unpaired) electrons. The molecule has 0 aliphatic carbocycles. The summed E-state index contributed by atoms with van der Waals surface area (Å²) < 4.78 is 0. The number of hydrogen-bond acceptors (Lipinski definition) is 1. The average molecular weight is 261 g/mol. The van der Waals surface area contributed by atoms with Crippen LogP contribution in [0.25, 0.3) is 10.8 Å². The Balaban J connectivity index is 1.85. The van der Waals surface area contributed by atoms with Crippen molar-refractivity contribution in [2.45, 2.75) is 20.4 Å². The molecule has 0 unspecified atom stereocenters. The molecule has 0 atom stereocenters. The molecule has 0 spiro atoms. The van der Waals surface area contributed by atoms with Gasteiger partial charge < -0.3 is 5.32 Å². The lowest BCUT2D eigenvalue weighted by Gasteiger charge is -2.11. The molecule has 0 saturated heterocycles. The van der Waals surface area contributed by atoms with Crippen molar-refractivity contribution in [1.29, 1.82) is 0 Å². The molecule has 0 amide bonds. The van der Waals surface area contributed by atoms with Gasteiger partial charge in [-0.05, 0) is 53.4 Å². The summed E-state index contributed by atoms with van der Waals surface area (Å²) in [6, 6.07) is 21.5. The van der Waals surface area contributed by atoms with Crippen molar-refractivity contribution in [3.8, 4) is 0 Å². The second-order valence-corrected chi connectivity index (χ2v) is 5.29. The maximum absolute atomic E-state index is 3.52. The SMILES string of the molecule is Cc1ccc(NCc2cccc3ccccc23)cc1C. The first-order valence-corrected chi connectivity index (χ1v) is 7.02. The summed E-state index contributed by atoms with van der Waals surface area (Å²) in [7, 11) is 0. The standard InChI is InChI=1S/C19H19N/c1-14-10-11-18(12-15(14)2)20-13-17-8-5-7-16-6-3-4-9-19(16)17/h3-12,20H,13H2,1-2H3. The Bertz CT molecular complexity index is 738. The number of hydrogen-bond donors (Lipinski definition) is 1. The van der Waals surface area contributed by atoms with Gasteiger partial charge in [0.05, 0.1) is 0 Å². The molecule has 20 heavy (non-hydrogen) atoms. The number of nitrogens with one attached hydrogen (secondary N) is 1. The Labute approximate surface area is 120 Å². The Morgan fingerprint density at radius 3 is 2.45 bits per heavy atom. The normalized spacial score (nSPS) is 10.7. The van der Waals surface area contributed by atoms with Crippen molar-refractivity contribution in [3.63, 3.8) is 0 Å². The van der Waals surface area contributed by atoms with Crippen molar-refractivity contribution in [3.05, 3.63) is 77.4 Å². The van der Waals surface area contributed by atoms with E-state index in [0.717, 1.165) is 6.54 Å². The molecule has 0 aromatic heterocycles. The lowest BCUT2D eigenvalue weighted by Crippen LogP contribution is -2.00. The number of anilines is 1. The van der Waals surface area contributed by atoms with Gasteiger partial charge in [-0.2, -0.15) is 0 Å². The average Bonchev–Trinajstić information content (AvgIpc) is 2.48. The van der Waals surface area contributed by atoms with Crippen LogP contribution in [0.2, 0.25) is 0 Å². The first-order valence-electron chi connectivity index (χ1n) is 7.02. The smallest absolute Gasteiger partial charge is 0.0406 e. The highest BCUT2D eigenvalue weighted by Crippen LogP contribution is 2.20. The van der Waals surface area contributed by atoms with Crippen LogP contribution in [0.3, 0.4) is 0 Å². The van der Waals surface area contributed by atoms with Gasteiger partial charge in [-0.1, -0.05) is 48.5 Å². The molecule has 0 saturated carbocycles. The molecule has 0 aliphatic rings. The van der Waals surface area contributed by atoms with E-state index in [1.54, 1.807) is 0 Å². The van der Waals surface area contributed by atoms with E-state index in [1.165, 1.54) is 33.2 Å². The lowest BCUT2D eigenvalue weighted by molar-refractivity contribution is 1.16. The van der Waals surface area contributed by atoms with Gasteiger partial charge in [0, 0.05) is 12.2 Å². The third kappa shape index (κ3) is 2.53. The van der Waals surface area contributed by atoms with Crippen LogP contribution in [0.5, 0.6) is 0 Å². The van der Waals surface area contributed by atoms with Crippen LogP contribution in [0.4, 0.5) is 5.69 Å². The summed E-state index contributed by atoms with van der Waals surface area (Å²) in [4.78, 5) is 0. The fraction of sp³-hybridized carbons (Fsp3) is 0.158. The van der Waals surface area contributed by atoms with Gasteiger partial charge in [0.25, 0.3) is 0 Å². The zero-order chi connectivity index (χ0) is 13.9. The van der Waals surface area contributed by atoms with Crippen molar-refractivity contribution in [2.75, 3.05) is 5.32 Å². The molecule has 1 heteroatoms. The Morgan fingerprint density at radius 1 is 0.800 bits per heavy atom. The minimum absolute atomic E-state index is 0.851. The van der Waals surface area contributed by atoms with Crippen molar-refractivity contribution < 1.29 is 0 Å². The molecule has 0 heterocycles. The van der Waals surface area contributed by atoms with Gasteiger partial charge in [0.15, 0.2) is 0 Å². The first kappa shape index (κ1) is 12.7. The number of benzene rings is 3.